The second-order valence-corrected chi connectivity index (χ2v) is 8.34. The third-order valence-corrected chi connectivity index (χ3v) is 5.68. The molecule has 0 saturated carbocycles. The van der Waals surface area contributed by atoms with E-state index in [9.17, 15) is 4.39 Å². The van der Waals surface area contributed by atoms with Gasteiger partial charge in [-0.05, 0) is 72.4 Å². The standard InChI is InChI=1S/C28H27FN2O/c1-17(2)25-13-12-24-23-11-6-18(3)26(27(23)32-28(24)31-25)19(4)16-21(14-15-30-5)20-7-9-22(29)10-8-20/h6-17H,1-5H3/b19-16+,21-14+,30-15?. The van der Waals surface area contributed by atoms with E-state index in [1.807, 2.05) is 6.08 Å². The van der Waals surface area contributed by atoms with Crippen LogP contribution in [-0.2, 0) is 0 Å². The van der Waals surface area contributed by atoms with Gasteiger partial charge in [-0.1, -0.05) is 44.2 Å². The van der Waals surface area contributed by atoms with Crippen LogP contribution >= 0.6 is 0 Å². The molecule has 4 rings (SSSR count). The highest BCUT2D eigenvalue weighted by atomic mass is 19.1. The van der Waals surface area contributed by atoms with Gasteiger partial charge < -0.3 is 4.42 Å². The molecule has 32 heavy (non-hydrogen) atoms. The van der Waals surface area contributed by atoms with Crippen LogP contribution in [0.4, 0.5) is 4.39 Å². The van der Waals surface area contributed by atoms with Crippen molar-refractivity contribution in [3.63, 3.8) is 0 Å². The molecular formula is C28H27FN2O. The molecule has 0 aliphatic carbocycles. The van der Waals surface area contributed by atoms with Crippen molar-refractivity contribution in [3.05, 3.63) is 88.9 Å². The van der Waals surface area contributed by atoms with Crippen molar-refractivity contribution < 1.29 is 8.81 Å². The van der Waals surface area contributed by atoms with Crippen molar-refractivity contribution in [1.82, 2.24) is 4.98 Å². The van der Waals surface area contributed by atoms with Crippen molar-refractivity contribution in [1.29, 1.82) is 0 Å². The van der Waals surface area contributed by atoms with Gasteiger partial charge in [-0.25, -0.2) is 9.37 Å². The molecule has 2 aromatic heterocycles. The molecule has 0 radical (unpaired) electrons. The highest BCUT2D eigenvalue weighted by molar-refractivity contribution is 6.08. The van der Waals surface area contributed by atoms with E-state index in [4.69, 9.17) is 9.40 Å². The topological polar surface area (TPSA) is 38.4 Å². The first kappa shape index (κ1) is 21.7. The molecule has 0 aliphatic heterocycles. The lowest BCUT2D eigenvalue weighted by Crippen LogP contribution is -1.90. The quantitative estimate of drug-likeness (QED) is 0.242. The van der Waals surface area contributed by atoms with Crippen LogP contribution in [0.25, 0.3) is 33.2 Å². The third kappa shape index (κ3) is 4.13. The maximum Gasteiger partial charge on any atom is 0.227 e. The first-order valence-electron chi connectivity index (χ1n) is 10.8. The number of hydrogen-bond donors (Lipinski definition) is 0. The molecule has 2 heterocycles. The average molecular weight is 427 g/mol. The minimum atomic E-state index is -0.255. The van der Waals surface area contributed by atoms with Gasteiger partial charge in [-0.2, -0.15) is 0 Å². The van der Waals surface area contributed by atoms with Crippen molar-refractivity contribution in [3.8, 4) is 0 Å². The summed E-state index contributed by atoms with van der Waals surface area (Å²) in [5.41, 5.74) is 7.61. The van der Waals surface area contributed by atoms with Crippen LogP contribution in [0.15, 0.2) is 70.1 Å². The Morgan fingerprint density at radius 2 is 1.75 bits per heavy atom. The number of allylic oxidation sites excluding steroid dienone is 4. The monoisotopic (exact) mass is 426 g/mol. The van der Waals surface area contributed by atoms with Gasteiger partial charge in [0.15, 0.2) is 0 Å². The maximum atomic E-state index is 13.5. The smallest absolute Gasteiger partial charge is 0.227 e. The molecular weight excluding hydrogens is 399 g/mol. The summed E-state index contributed by atoms with van der Waals surface area (Å²) in [5, 5.41) is 2.07. The second-order valence-electron chi connectivity index (χ2n) is 8.34. The fourth-order valence-electron chi connectivity index (χ4n) is 3.98. The van der Waals surface area contributed by atoms with E-state index in [1.54, 1.807) is 25.4 Å². The summed E-state index contributed by atoms with van der Waals surface area (Å²) in [5.74, 6) is 0.0770. The fraction of sp³-hybridized carbons (Fsp3) is 0.214. The Labute approximate surface area is 188 Å². The maximum absolute atomic E-state index is 13.5. The van der Waals surface area contributed by atoms with Gasteiger partial charge in [0.05, 0.1) is 0 Å². The molecule has 0 unspecified atom stereocenters. The number of hydrogen-bond acceptors (Lipinski definition) is 3. The molecule has 162 valence electrons. The number of aryl methyl sites for hydroxylation is 1. The molecule has 3 nitrogen and oxygen atoms in total. The van der Waals surface area contributed by atoms with Crippen LogP contribution in [0.1, 0.15) is 49.1 Å². The predicted molar refractivity (Wildman–Crippen MR) is 133 cm³/mol. The van der Waals surface area contributed by atoms with Crippen molar-refractivity contribution in [2.24, 2.45) is 4.99 Å². The lowest BCUT2D eigenvalue weighted by Gasteiger charge is -2.09. The lowest BCUT2D eigenvalue weighted by molar-refractivity contribution is 0.627. The Hall–Kier alpha value is -3.53. The highest BCUT2D eigenvalue weighted by Crippen LogP contribution is 2.36. The Morgan fingerprint density at radius 1 is 1.03 bits per heavy atom. The fourth-order valence-corrected chi connectivity index (χ4v) is 3.98. The normalized spacial score (nSPS) is 13.2. The Balaban J connectivity index is 1.90. The van der Waals surface area contributed by atoms with Gasteiger partial charge in [0.1, 0.15) is 11.4 Å². The number of benzene rings is 2. The van der Waals surface area contributed by atoms with Crippen LogP contribution in [0.3, 0.4) is 0 Å². The van der Waals surface area contributed by atoms with Crippen molar-refractivity contribution in [2.45, 2.75) is 33.6 Å². The Kier molecular flexibility index (Phi) is 6.04. The zero-order chi connectivity index (χ0) is 22.8. The van der Waals surface area contributed by atoms with Gasteiger partial charge in [0.2, 0.25) is 5.71 Å². The molecule has 4 heteroatoms. The van der Waals surface area contributed by atoms with Crippen molar-refractivity contribution in [2.75, 3.05) is 7.05 Å². The molecule has 0 saturated heterocycles. The summed E-state index contributed by atoms with van der Waals surface area (Å²) in [4.78, 5) is 8.83. The molecule has 0 bridgehead atoms. The number of aliphatic imine (C=N–C) groups is 1. The molecule has 0 atom stereocenters. The van der Waals surface area contributed by atoms with Crippen LogP contribution < -0.4 is 0 Å². The van der Waals surface area contributed by atoms with E-state index in [2.05, 4.69) is 63.0 Å². The minimum Gasteiger partial charge on any atom is -0.437 e. The predicted octanol–water partition coefficient (Wildman–Crippen LogP) is 7.74. The summed E-state index contributed by atoms with van der Waals surface area (Å²) in [6, 6.07) is 14.9. The van der Waals surface area contributed by atoms with E-state index < -0.39 is 0 Å². The van der Waals surface area contributed by atoms with E-state index in [0.717, 1.165) is 49.9 Å². The molecule has 0 fully saturated rings. The summed E-state index contributed by atoms with van der Waals surface area (Å²) in [7, 11) is 1.73. The van der Waals surface area contributed by atoms with E-state index in [1.165, 1.54) is 12.1 Å². The van der Waals surface area contributed by atoms with E-state index in [-0.39, 0.29) is 5.82 Å². The largest absolute Gasteiger partial charge is 0.437 e. The van der Waals surface area contributed by atoms with E-state index >= 15 is 0 Å². The Morgan fingerprint density at radius 3 is 2.44 bits per heavy atom. The van der Waals surface area contributed by atoms with Gasteiger partial charge in [-0.3, -0.25) is 4.99 Å². The average Bonchev–Trinajstić information content (AvgIpc) is 3.14. The number of nitrogens with zero attached hydrogens (tertiary/aromatic N) is 2. The number of furan rings is 1. The molecule has 0 amide bonds. The molecule has 2 aromatic carbocycles. The first-order valence-corrected chi connectivity index (χ1v) is 10.8. The summed E-state index contributed by atoms with van der Waals surface area (Å²) >= 11 is 0. The van der Waals surface area contributed by atoms with Crippen LogP contribution in [0.2, 0.25) is 0 Å². The van der Waals surface area contributed by atoms with Crippen LogP contribution in [-0.4, -0.2) is 18.2 Å². The zero-order valence-corrected chi connectivity index (χ0v) is 19.1. The summed E-state index contributed by atoms with van der Waals surface area (Å²) in [6.45, 7) is 8.41. The second kappa shape index (κ2) is 8.91. The third-order valence-electron chi connectivity index (χ3n) is 5.68. The van der Waals surface area contributed by atoms with Gasteiger partial charge in [-0.15, -0.1) is 0 Å². The summed E-state index contributed by atoms with van der Waals surface area (Å²) in [6.07, 6.45) is 5.77. The van der Waals surface area contributed by atoms with Gasteiger partial charge in [0, 0.05) is 35.3 Å². The van der Waals surface area contributed by atoms with Crippen molar-refractivity contribution >= 4 is 39.4 Å². The van der Waals surface area contributed by atoms with E-state index in [0.29, 0.717) is 11.6 Å². The number of fused-ring (bicyclic) bond motifs is 3. The molecule has 0 spiro atoms. The Bertz CT molecular complexity index is 1370. The number of halogens is 1. The molecule has 0 aliphatic rings. The number of pyridine rings is 1. The number of rotatable bonds is 5. The highest BCUT2D eigenvalue weighted by Gasteiger charge is 2.16. The van der Waals surface area contributed by atoms with Crippen LogP contribution in [0, 0.1) is 12.7 Å². The zero-order valence-electron chi connectivity index (χ0n) is 19.1. The first-order chi connectivity index (χ1) is 15.4. The SMILES string of the molecule is CN=C/C=C(\C=C(/C)c1c(C)ccc2c1oc1nc(C(C)C)ccc12)c1ccc(F)cc1. The number of aromatic nitrogens is 1. The van der Waals surface area contributed by atoms with Crippen LogP contribution in [0.5, 0.6) is 0 Å². The van der Waals surface area contributed by atoms with Gasteiger partial charge in [0.25, 0.3) is 0 Å². The minimum absolute atomic E-state index is 0.255. The van der Waals surface area contributed by atoms with Gasteiger partial charge >= 0.3 is 0 Å². The summed E-state index contributed by atoms with van der Waals surface area (Å²) < 4.78 is 19.8. The molecule has 4 aromatic rings. The molecule has 0 N–H and O–H groups in total. The lowest BCUT2D eigenvalue weighted by atomic mass is 9.95.